The van der Waals surface area contributed by atoms with Crippen LogP contribution in [-0.4, -0.2) is 16.5 Å². The van der Waals surface area contributed by atoms with E-state index in [0.29, 0.717) is 0 Å². The summed E-state index contributed by atoms with van der Waals surface area (Å²) in [5.41, 5.74) is 1.01. The topological polar surface area (TPSA) is 30.0 Å². The average Bonchev–Trinajstić information content (AvgIpc) is 2.55. The molecule has 3 aromatic rings. The third-order valence-corrected chi connectivity index (χ3v) is 4.10. The van der Waals surface area contributed by atoms with Gasteiger partial charge in [0.05, 0.1) is 16.3 Å². The van der Waals surface area contributed by atoms with Crippen molar-refractivity contribution in [2.24, 2.45) is 0 Å². The van der Waals surface area contributed by atoms with E-state index in [1.807, 2.05) is 36.4 Å². The molecular weight excluding hydrogens is 304 g/mol. The summed E-state index contributed by atoms with van der Waals surface area (Å²) < 4.78 is 26.0. The Kier molecular flexibility index (Phi) is 4.15. The molecule has 0 aliphatic carbocycles. The van der Waals surface area contributed by atoms with Gasteiger partial charge in [0, 0.05) is 10.9 Å². The van der Waals surface area contributed by atoms with Crippen molar-refractivity contribution in [1.29, 1.82) is 0 Å². The third-order valence-electron chi connectivity index (χ3n) is 3.17. The number of ketones is 1. The van der Waals surface area contributed by atoms with Gasteiger partial charge in [-0.05, 0) is 30.3 Å². The Hall–Kier alpha value is -2.27. The fraction of sp³-hybridized carbons (Fsp3) is 0.0588. The number of carbonyl (C=O) groups is 1. The molecule has 0 bridgehead atoms. The lowest BCUT2D eigenvalue weighted by atomic mass is 10.1. The Morgan fingerprint density at radius 3 is 2.64 bits per heavy atom. The Morgan fingerprint density at radius 2 is 1.82 bits per heavy atom. The first-order valence-electron chi connectivity index (χ1n) is 6.60. The van der Waals surface area contributed by atoms with Gasteiger partial charge in [-0.15, -0.1) is 0 Å². The molecule has 0 saturated heterocycles. The highest BCUT2D eigenvalue weighted by Gasteiger charge is 2.11. The van der Waals surface area contributed by atoms with Crippen molar-refractivity contribution >= 4 is 28.4 Å². The normalized spacial score (nSPS) is 10.8. The van der Waals surface area contributed by atoms with Gasteiger partial charge in [0.25, 0.3) is 0 Å². The largest absolute Gasteiger partial charge is 0.293 e. The van der Waals surface area contributed by atoms with E-state index >= 15 is 0 Å². The van der Waals surface area contributed by atoms with Crippen LogP contribution in [0.3, 0.4) is 0 Å². The summed E-state index contributed by atoms with van der Waals surface area (Å²) in [5.74, 6) is -2.12. The maximum Gasteiger partial charge on any atom is 0.173 e. The van der Waals surface area contributed by atoms with Crippen LogP contribution in [0.25, 0.3) is 10.9 Å². The second kappa shape index (κ2) is 6.23. The van der Waals surface area contributed by atoms with E-state index in [1.165, 1.54) is 17.8 Å². The summed E-state index contributed by atoms with van der Waals surface area (Å²) in [6.45, 7) is 0. The van der Waals surface area contributed by atoms with E-state index < -0.39 is 11.6 Å². The Balaban J connectivity index is 1.72. The molecule has 0 amide bonds. The molecule has 0 aliphatic heterocycles. The summed E-state index contributed by atoms with van der Waals surface area (Å²) in [6, 6.07) is 14.6. The van der Waals surface area contributed by atoms with Crippen LogP contribution in [0.2, 0.25) is 0 Å². The molecule has 0 atom stereocenters. The molecule has 0 N–H and O–H groups in total. The number of Topliss-reactive ketones (excluding diaryl/α,β-unsaturated/α-hetero) is 1. The molecule has 0 aliphatic rings. The smallest absolute Gasteiger partial charge is 0.173 e. The number of halogens is 2. The highest BCUT2D eigenvalue weighted by molar-refractivity contribution is 7.99. The number of hydrogen-bond donors (Lipinski definition) is 0. The number of carbonyl (C=O) groups excluding carboxylic acids is 1. The zero-order valence-corrected chi connectivity index (χ0v) is 12.2. The minimum Gasteiger partial charge on any atom is -0.293 e. The van der Waals surface area contributed by atoms with Crippen molar-refractivity contribution in [3.8, 4) is 0 Å². The summed E-state index contributed by atoms with van der Waals surface area (Å²) in [6.07, 6.45) is 0. The standard InChI is InChI=1S/C17H11F2NOS/c18-13-7-5-12(9-14(13)19)16(21)10-22-17-8-6-11-3-1-2-4-15(11)20-17/h1-9H,10H2. The van der Waals surface area contributed by atoms with Crippen molar-refractivity contribution in [2.75, 3.05) is 5.75 Å². The second-order valence-electron chi connectivity index (χ2n) is 4.68. The van der Waals surface area contributed by atoms with Crippen molar-refractivity contribution < 1.29 is 13.6 Å². The Labute approximate surface area is 130 Å². The molecule has 0 fully saturated rings. The minimum absolute atomic E-state index is 0.121. The third kappa shape index (κ3) is 3.14. The van der Waals surface area contributed by atoms with Gasteiger partial charge in [0.1, 0.15) is 0 Å². The van der Waals surface area contributed by atoms with Crippen LogP contribution in [-0.2, 0) is 0 Å². The van der Waals surface area contributed by atoms with E-state index in [4.69, 9.17) is 0 Å². The molecule has 2 nitrogen and oxygen atoms in total. The van der Waals surface area contributed by atoms with E-state index in [2.05, 4.69) is 4.98 Å². The van der Waals surface area contributed by atoms with Gasteiger partial charge in [0.2, 0.25) is 0 Å². The quantitative estimate of drug-likeness (QED) is 0.525. The lowest BCUT2D eigenvalue weighted by Gasteiger charge is -2.03. The first kappa shape index (κ1) is 14.7. The van der Waals surface area contributed by atoms with Crippen molar-refractivity contribution in [3.63, 3.8) is 0 Å². The van der Waals surface area contributed by atoms with Crippen molar-refractivity contribution in [1.82, 2.24) is 4.98 Å². The number of thioether (sulfide) groups is 1. The van der Waals surface area contributed by atoms with Gasteiger partial charge in [-0.3, -0.25) is 4.79 Å². The molecule has 0 unspecified atom stereocenters. The zero-order chi connectivity index (χ0) is 15.5. The predicted molar refractivity (Wildman–Crippen MR) is 83.2 cm³/mol. The van der Waals surface area contributed by atoms with Gasteiger partial charge in [-0.2, -0.15) is 0 Å². The fourth-order valence-corrected chi connectivity index (χ4v) is 2.79. The highest BCUT2D eigenvalue weighted by atomic mass is 32.2. The van der Waals surface area contributed by atoms with Crippen molar-refractivity contribution in [2.45, 2.75) is 5.03 Å². The van der Waals surface area contributed by atoms with Gasteiger partial charge in [-0.1, -0.05) is 36.0 Å². The summed E-state index contributed by atoms with van der Waals surface area (Å²) in [7, 11) is 0. The lowest BCUT2D eigenvalue weighted by molar-refractivity contribution is 0.102. The van der Waals surface area contributed by atoms with Gasteiger partial charge >= 0.3 is 0 Å². The highest BCUT2D eigenvalue weighted by Crippen LogP contribution is 2.21. The number of para-hydroxylation sites is 1. The number of fused-ring (bicyclic) bond motifs is 1. The first-order chi connectivity index (χ1) is 10.6. The van der Waals surface area contributed by atoms with Crippen LogP contribution in [0, 0.1) is 11.6 Å². The average molecular weight is 315 g/mol. The second-order valence-corrected chi connectivity index (χ2v) is 5.68. The molecule has 2 aromatic carbocycles. The van der Waals surface area contributed by atoms with E-state index in [-0.39, 0.29) is 17.1 Å². The van der Waals surface area contributed by atoms with Gasteiger partial charge in [-0.25, -0.2) is 13.8 Å². The molecule has 22 heavy (non-hydrogen) atoms. The zero-order valence-electron chi connectivity index (χ0n) is 11.4. The lowest BCUT2D eigenvalue weighted by Crippen LogP contribution is -2.03. The van der Waals surface area contributed by atoms with Crippen LogP contribution in [0.15, 0.2) is 59.6 Å². The number of hydrogen-bond acceptors (Lipinski definition) is 3. The number of aromatic nitrogens is 1. The Bertz CT molecular complexity index is 851. The van der Waals surface area contributed by atoms with E-state index in [0.717, 1.165) is 28.1 Å². The molecule has 110 valence electrons. The number of pyridine rings is 1. The maximum atomic E-state index is 13.1. The van der Waals surface area contributed by atoms with Gasteiger partial charge in [0.15, 0.2) is 17.4 Å². The SMILES string of the molecule is O=C(CSc1ccc2ccccc2n1)c1ccc(F)c(F)c1. The van der Waals surface area contributed by atoms with E-state index in [1.54, 1.807) is 0 Å². The monoisotopic (exact) mass is 315 g/mol. The van der Waals surface area contributed by atoms with Crippen LogP contribution in [0.1, 0.15) is 10.4 Å². The molecule has 3 rings (SSSR count). The van der Waals surface area contributed by atoms with Crippen LogP contribution in [0.4, 0.5) is 8.78 Å². The molecule has 0 radical (unpaired) electrons. The fourth-order valence-electron chi connectivity index (χ4n) is 2.02. The predicted octanol–water partition coefficient (Wildman–Crippen LogP) is 4.49. The molecular formula is C17H11F2NOS. The molecule has 1 aromatic heterocycles. The minimum atomic E-state index is -1.01. The van der Waals surface area contributed by atoms with Crippen LogP contribution in [0.5, 0.6) is 0 Å². The number of nitrogens with zero attached hydrogens (tertiary/aromatic N) is 1. The first-order valence-corrected chi connectivity index (χ1v) is 7.59. The summed E-state index contributed by atoms with van der Waals surface area (Å²) in [5, 5.41) is 1.74. The molecule has 0 saturated carbocycles. The molecule has 5 heteroatoms. The number of benzene rings is 2. The van der Waals surface area contributed by atoms with Crippen LogP contribution >= 0.6 is 11.8 Å². The number of rotatable bonds is 4. The van der Waals surface area contributed by atoms with Gasteiger partial charge < -0.3 is 0 Å². The molecule has 0 spiro atoms. The summed E-state index contributed by atoms with van der Waals surface area (Å²) in [4.78, 5) is 16.5. The maximum absolute atomic E-state index is 13.1. The Morgan fingerprint density at radius 1 is 1.00 bits per heavy atom. The van der Waals surface area contributed by atoms with Crippen LogP contribution < -0.4 is 0 Å². The van der Waals surface area contributed by atoms with Crippen molar-refractivity contribution in [3.05, 3.63) is 71.8 Å². The summed E-state index contributed by atoms with van der Waals surface area (Å²) >= 11 is 1.27. The van der Waals surface area contributed by atoms with E-state index in [9.17, 15) is 13.6 Å². The molecule has 1 heterocycles.